The molecule has 43 heavy (non-hydrogen) atoms. The molecule has 216 valence electrons. The molecule has 0 aliphatic carbocycles. The van der Waals surface area contributed by atoms with Crippen molar-refractivity contribution in [1.82, 2.24) is 5.43 Å². The maximum Gasteiger partial charge on any atom is 0.343 e. The van der Waals surface area contributed by atoms with Crippen molar-refractivity contribution < 1.29 is 28.5 Å². The Balaban J connectivity index is 1.29. The Hall–Kier alpha value is -5.34. The van der Waals surface area contributed by atoms with Gasteiger partial charge in [-0.2, -0.15) is 5.10 Å². The van der Waals surface area contributed by atoms with E-state index in [-0.39, 0.29) is 11.3 Å². The molecule has 0 saturated carbocycles. The lowest BCUT2D eigenvalue weighted by atomic mass is 10.0. The number of carbonyl (C=O) groups excluding carboxylic acids is 2. The molecule has 0 bridgehead atoms. The fraction of sp³-hybridized carbons (Fsp3) is 0.0882. The van der Waals surface area contributed by atoms with E-state index in [9.17, 15) is 9.59 Å². The topological polar surface area (TPSA) is 95.5 Å². The van der Waals surface area contributed by atoms with Crippen LogP contribution in [-0.4, -0.2) is 32.3 Å². The maximum absolute atomic E-state index is 13.1. The first kappa shape index (κ1) is 29.2. The number of hydrazone groups is 1. The summed E-state index contributed by atoms with van der Waals surface area (Å²) in [6, 6.07) is 30.0. The second-order valence-corrected chi connectivity index (χ2v) is 9.73. The molecule has 5 aromatic rings. The minimum atomic E-state index is -0.590. The second kappa shape index (κ2) is 13.5. The summed E-state index contributed by atoms with van der Waals surface area (Å²) in [6.07, 6.45) is 1.46. The van der Waals surface area contributed by atoms with Crippen LogP contribution in [0.4, 0.5) is 0 Å². The standard InChI is InChI=1S/C34H27ClN2O6/c1-40-31-18-12-25(19-32(31)41-2)34(39)43-30-17-11-23-5-3-4-6-28(23)29(30)20-36-37-33(38)24-9-15-27(16-10-24)42-21-22-7-13-26(35)14-8-22/h3-20H,21H2,1-2H3,(H,37,38)/b36-20-. The molecule has 0 aliphatic heterocycles. The number of hydrogen-bond acceptors (Lipinski definition) is 7. The quantitative estimate of drug-likeness (QED) is 0.0804. The highest BCUT2D eigenvalue weighted by Gasteiger charge is 2.16. The van der Waals surface area contributed by atoms with Gasteiger partial charge in [-0.3, -0.25) is 4.79 Å². The highest BCUT2D eigenvalue weighted by atomic mass is 35.5. The molecule has 0 unspecified atom stereocenters. The first-order valence-electron chi connectivity index (χ1n) is 13.2. The van der Waals surface area contributed by atoms with Crippen LogP contribution in [-0.2, 0) is 6.61 Å². The van der Waals surface area contributed by atoms with Crippen molar-refractivity contribution in [2.45, 2.75) is 6.61 Å². The van der Waals surface area contributed by atoms with E-state index in [2.05, 4.69) is 10.5 Å². The molecular formula is C34H27ClN2O6. The van der Waals surface area contributed by atoms with Crippen LogP contribution in [0.5, 0.6) is 23.0 Å². The van der Waals surface area contributed by atoms with Gasteiger partial charge in [-0.25, -0.2) is 10.2 Å². The van der Waals surface area contributed by atoms with Crippen LogP contribution >= 0.6 is 11.6 Å². The lowest BCUT2D eigenvalue weighted by Gasteiger charge is -2.12. The Kier molecular flexibility index (Phi) is 9.19. The van der Waals surface area contributed by atoms with Gasteiger partial charge in [0.2, 0.25) is 0 Å². The van der Waals surface area contributed by atoms with Crippen molar-refractivity contribution in [1.29, 1.82) is 0 Å². The summed E-state index contributed by atoms with van der Waals surface area (Å²) in [7, 11) is 3.01. The molecule has 1 N–H and O–H groups in total. The number of rotatable bonds is 10. The lowest BCUT2D eigenvalue weighted by Crippen LogP contribution is -2.17. The Labute approximate surface area is 253 Å². The van der Waals surface area contributed by atoms with Crippen LogP contribution in [0.3, 0.4) is 0 Å². The summed E-state index contributed by atoms with van der Waals surface area (Å²) in [5.74, 6) is 0.790. The summed E-state index contributed by atoms with van der Waals surface area (Å²) in [4.78, 5) is 25.9. The van der Waals surface area contributed by atoms with Crippen molar-refractivity contribution in [3.05, 3.63) is 130 Å². The normalized spacial score (nSPS) is 10.9. The summed E-state index contributed by atoms with van der Waals surface area (Å²) < 4.78 is 22.1. The number of ether oxygens (including phenoxy) is 4. The van der Waals surface area contributed by atoms with Crippen LogP contribution in [0.1, 0.15) is 31.8 Å². The minimum absolute atomic E-state index is 0.277. The Morgan fingerprint density at radius 2 is 1.49 bits per heavy atom. The average Bonchev–Trinajstić information content (AvgIpc) is 3.05. The number of nitrogens with zero attached hydrogens (tertiary/aromatic N) is 1. The minimum Gasteiger partial charge on any atom is -0.493 e. The fourth-order valence-corrected chi connectivity index (χ4v) is 4.42. The number of methoxy groups -OCH3 is 2. The number of amides is 1. The van der Waals surface area contributed by atoms with E-state index >= 15 is 0 Å². The van der Waals surface area contributed by atoms with Gasteiger partial charge in [0.15, 0.2) is 11.5 Å². The Morgan fingerprint density at radius 3 is 2.23 bits per heavy atom. The van der Waals surface area contributed by atoms with Gasteiger partial charge in [-0.15, -0.1) is 0 Å². The molecule has 0 heterocycles. The van der Waals surface area contributed by atoms with Crippen molar-refractivity contribution >= 4 is 40.5 Å². The van der Waals surface area contributed by atoms with Crippen LogP contribution in [0.25, 0.3) is 10.8 Å². The Morgan fingerprint density at radius 1 is 0.791 bits per heavy atom. The molecule has 0 aromatic heterocycles. The number of esters is 1. The van der Waals surface area contributed by atoms with Crippen LogP contribution < -0.4 is 24.4 Å². The SMILES string of the molecule is COc1ccc(C(=O)Oc2ccc3ccccc3c2/C=N\NC(=O)c2ccc(OCc3ccc(Cl)cc3)cc2)cc1OC. The van der Waals surface area contributed by atoms with E-state index in [4.69, 9.17) is 30.5 Å². The molecule has 1 amide bonds. The van der Waals surface area contributed by atoms with Gasteiger partial charge in [0.05, 0.1) is 26.0 Å². The molecule has 9 heteroatoms. The third-order valence-electron chi connectivity index (χ3n) is 6.55. The number of carbonyl (C=O) groups is 2. The van der Waals surface area contributed by atoms with Crippen LogP contribution in [0.2, 0.25) is 5.02 Å². The molecule has 0 aliphatic rings. The van der Waals surface area contributed by atoms with Gasteiger partial charge in [0.25, 0.3) is 5.91 Å². The lowest BCUT2D eigenvalue weighted by molar-refractivity contribution is 0.0734. The van der Waals surface area contributed by atoms with Crippen molar-refractivity contribution in [2.24, 2.45) is 5.10 Å². The maximum atomic E-state index is 13.1. The van der Waals surface area contributed by atoms with Crippen LogP contribution in [0.15, 0.2) is 108 Å². The zero-order chi connectivity index (χ0) is 30.2. The van der Waals surface area contributed by atoms with Gasteiger partial charge >= 0.3 is 5.97 Å². The first-order chi connectivity index (χ1) is 20.9. The molecule has 8 nitrogen and oxygen atoms in total. The predicted octanol–water partition coefficient (Wildman–Crippen LogP) is 7.07. The number of fused-ring (bicyclic) bond motifs is 1. The van der Waals surface area contributed by atoms with Crippen molar-refractivity contribution in [3.8, 4) is 23.0 Å². The highest BCUT2D eigenvalue weighted by Crippen LogP contribution is 2.30. The number of halogens is 1. The molecule has 5 aromatic carbocycles. The van der Waals surface area contributed by atoms with Gasteiger partial charge in [0, 0.05) is 16.1 Å². The van der Waals surface area contributed by atoms with E-state index in [1.54, 1.807) is 60.7 Å². The summed E-state index contributed by atoms with van der Waals surface area (Å²) in [6.45, 7) is 0.372. The molecular weight excluding hydrogens is 568 g/mol. The molecule has 0 atom stereocenters. The summed E-state index contributed by atoms with van der Waals surface area (Å²) in [5.41, 5.74) is 4.72. The van der Waals surface area contributed by atoms with E-state index in [1.165, 1.54) is 20.4 Å². The van der Waals surface area contributed by atoms with E-state index in [0.29, 0.717) is 40.0 Å². The fourth-order valence-electron chi connectivity index (χ4n) is 4.29. The average molecular weight is 595 g/mol. The monoisotopic (exact) mass is 594 g/mol. The van der Waals surface area contributed by atoms with Gasteiger partial charge in [-0.05, 0) is 77.0 Å². The van der Waals surface area contributed by atoms with Gasteiger partial charge in [0.1, 0.15) is 18.1 Å². The largest absolute Gasteiger partial charge is 0.493 e. The van der Waals surface area contributed by atoms with Crippen LogP contribution in [0, 0.1) is 0 Å². The highest BCUT2D eigenvalue weighted by molar-refractivity contribution is 6.30. The van der Waals surface area contributed by atoms with Gasteiger partial charge in [-0.1, -0.05) is 54.1 Å². The Bertz CT molecular complexity index is 1790. The van der Waals surface area contributed by atoms with Crippen molar-refractivity contribution in [2.75, 3.05) is 14.2 Å². The molecule has 5 rings (SSSR count). The molecule has 0 fully saturated rings. The van der Waals surface area contributed by atoms with E-state index in [0.717, 1.165) is 16.3 Å². The zero-order valence-electron chi connectivity index (χ0n) is 23.4. The van der Waals surface area contributed by atoms with E-state index < -0.39 is 11.9 Å². The van der Waals surface area contributed by atoms with Crippen molar-refractivity contribution in [3.63, 3.8) is 0 Å². The van der Waals surface area contributed by atoms with Gasteiger partial charge < -0.3 is 18.9 Å². The smallest absolute Gasteiger partial charge is 0.343 e. The molecule has 0 radical (unpaired) electrons. The number of nitrogens with one attached hydrogen (secondary N) is 1. The second-order valence-electron chi connectivity index (χ2n) is 9.30. The summed E-state index contributed by atoms with van der Waals surface area (Å²) in [5, 5.41) is 6.54. The molecule has 0 saturated heterocycles. The first-order valence-corrected chi connectivity index (χ1v) is 13.6. The number of hydrogen-bond donors (Lipinski definition) is 1. The van der Waals surface area contributed by atoms with E-state index in [1.807, 2.05) is 42.5 Å². The number of benzene rings is 5. The summed E-state index contributed by atoms with van der Waals surface area (Å²) >= 11 is 5.93. The molecule has 0 spiro atoms. The third-order valence-corrected chi connectivity index (χ3v) is 6.80. The predicted molar refractivity (Wildman–Crippen MR) is 166 cm³/mol. The third kappa shape index (κ3) is 7.12. The zero-order valence-corrected chi connectivity index (χ0v) is 24.1.